The number of benzene rings is 1. The minimum atomic E-state index is -4.48. The molecule has 2 rings (SSSR count). The summed E-state index contributed by atoms with van der Waals surface area (Å²) in [5, 5.41) is 16.2. The summed E-state index contributed by atoms with van der Waals surface area (Å²) in [6, 6.07) is 4.37. The Bertz CT molecular complexity index is 667. The van der Waals surface area contributed by atoms with E-state index in [0.29, 0.717) is 5.56 Å². The number of nitrogens with zero attached hydrogens (tertiary/aromatic N) is 2. The summed E-state index contributed by atoms with van der Waals surface area (Å²) in [6.45, 7) is -0.199. The van der Waals surface area contributed by atoms with Gasteiger partial charge in [-0.15, -0.1) is 0 Å². The highest BCUT2D eigenvalue weighted by Crippen LogP contribution is 2.30. The second-order valence-corrected chi connectivity index (χ2v) is 4.75. The minimum absolute atomic E-state index is 0.0845. The van der Waals surface area contributed by atoms with E-state index >= 15 is 0 Å². The molecule has 0 aliphatic carbocycles. The van der Waals surface area contributed by atoms with E-state index in [-0.39, 0.29) is 12.1 Å². The molecule has 0 fully saturated rings. The number of aliphatic hydroxyl groups is 1. The first-order valence-corrected chi connectivity index (χ1v) is 6.39. The maximum absolute atomic E-state index is 12.6. The Morgan fingerprint density at radius 3 is 2.77 bits per heavy atom. The lowest BCUT2D eigenvalue weighted by molar-refractivity contribution is -0.137. The number of carbonyl (C=O) groups excluding carboxylic acids is 1. The number of carbonyl (C=O) groups is 1. The maximum Gasteiger partial charge on any atom is 0.416 e. The number of nitrogens with one attached hydrogen (secondary N) is 1. The molecule has 118 valence electrons. The van der Waals surface area contributed by atoms with E-state index in [4.69, 9.17) is 0 Å². The summed E-state index contributed by atoms with van der Waals surface area (Å²) in [5.74, 6) is -0.459. The van der Waals surface area contributed by atoms with E-state index in [9.17, 15) is 23.1 Å². The van der Waals surface area contributed by atoms with Crippen molar-refractivity contribution < 1.29 is 23.1 Å². The van der Waals surface area contributed by atoms with Gasteiger partial charge in [-0.2, -0.15) is 18.3 Å². The van der Waals surface area contributed by atoms with Crippen LogP contribution in [0.1, 0.15) is 27.6 Å². The van der Waals surface area contributed by atoms with Crippen molar-refractivity contribution in [2.24, 2.45) is 7.05 Å². The van der Waals surface area contributed by atoms with Gasteiger partial charge in [0.15, 0.2) is 0 Å². The van der Waals surface area contributed by atoms with E-state index in [0.717, 1.165) is 12.1 Å². The number of aliphatic hydroxyl groups excluding tert-OH is 1. The number of amides is 1. The van der Waals surface area contributed by atoms with Crippen LogP contribution < -0.4 is 5.32 Å². The van der Waals surface area contributed by atoms with Crippen molar-refractivity contribution in [3.63, 3.8) is 0 Å². The fraction of sp³-hybridized carbons (Fsp3) is 0.286. The summed E-state index contributed by atoms with van der Waals surface area (Å²) < 4.78 is 39.3. The van der Waals surface area contributed by atoms with Crippen LogP contribution >= 0.6 is 0 Å². The zero-order chi connectivity index (χ0) is 16.3. The average molecular weight is 313 g/mol. The zero-order valence-corrected chi connectivity index (χ0v) is 11.6. The van der Waals surface area contributed by atoms with Crippen molar-refractivity contribution in [2.75, 3.05) is 6.54 Å². The van der Waals surface area contributed by atoms with Gasteiger partial charge in [0.05, 0.1) is 23.4 Å². The molecule has 0 bridgehead atoms. The van der Waals surface area contributed by atoms with Gasteiger partial charge in [0.25, 0.3) is 5.91 Å². The van der Waals surface area contributed by atoms with E-state index in [1.54, 1.807) is 7.05 Å². The van der Waals surface area contributed by atoms with Crippen LogP contribution in [0.3, 0.4) is 0 Å². The molecule has 2 aromatic rings. The van der Waals surface area contributed by atoms with Crippen molar-refractivity contribution in [1.29, 1.82) is 0 Å². The Morgan fingerprint density at radius 1 is 1.45 bits per heavy atom. The molecule has 8 heteroatoms. The predicted octanol–water partition coefficient (Wildman–Crippen LogP) is 1.90. The number of halogens is 3. The van der Waals surface area contributed by atoms with Crippen LogP contribution in [0.15, 0.2) is 36.7 Å². The molecule has 1 aromatic carbocycles. The molecule has 2 N–H and O–H groups in total. The first-order valence-electron chi connectivity index (χ1n) is 6.39. The van der Waals surface area contributed by atoms with Crippen LogP contribution in [-0.2, 0) is 13.2 Å². The van der Waals surface area contributed by atoms with Gasteiger partial charge in [0.1, 0.15) is 0 Å². The monoisotopic (exact) mass is 313 g/mol. The summed E-state index contributed by atoms with van der Waals surface area (Å²) in [6.07, 6.45) is -2.87. The smallest absolute Gasteiger partial charge is 0.387 e. The summed E-state index contributed by atoms with van der Waals surface area (Å²) in [5.41, 5.74) is -0.456. The summed E-state index contributed by atoms with van der Waals surface area (Å²) in [7, 11) is 1.65. The van der Waals surface area contributed by atoms with Crippen LogP contribution in [0, 0.1) is 0 Å². The fourth-order valence-corrected chi connectivity index (χ4v) is 1.87. The molecule has 0 radical (unpaired) electrons. The average Bonchev–Trinajstić information content (AvgIpc) is 2.90. The lowest BCUT2D eigenvalue weighted by atomic mass is 10.1. The first-order chi connectivity index (χ1) is 10.3. The number of hydrogen-bond acceptors (Lipinski definition) is 3. The van der Waals surface area contributed by atoms with Gasteiger partial charge in [0, 0.05) is 19.8 Å². The molecule has 1 heterocycles. The fourth-order valence-electron chi connectivity index (χ4n) is 1.87. The van der Waals surface area contributed by atoms with Gasteiger partial charge in [-0.05, 0) is 17.7 Å². The minimum Gasteiger partial charge on any atom is -0.387 e. The van der Waals surface area contributed by atoms with Crippen molar-refractivity contribution in [2.45, 2.75) is 12.3 Å². The van der Waals surface area contributed by atoms with E-state index in [2.05, 4.69) is 10.4 Å². The number of alkyl halides is 3. The summed E-state index contributed by atoms with van der Waals surface area (Å²) >= 11 is 0. The Hall–Kier alpha value is -2.35. The molecule has 1 atom stereocenters. The third-order valence-electron chi connectivity index (χ3n) is 3.02. The van der Waals surface area contributed by atoms with E-state index in [1.165, 1.54) is 29.2 Å². The highest BCUT2D eigenvalue weighted by atomic mass is 19.4. The maximum atomic E-state index is 12.6. The molecule has 0 spiro atoms. The van der Waals surface area contributed by atoms with Gasteiger partial charge < -0.3 is 10.4 Å². The quantitative estimate of drug-likeness (QED) is 0.906. The van der Waals surface area contributed by atoms with Crippen LogP contribution in [0.5, 0.6) is 0 Å². The van der Waals surface area contributed by atoms with Gasteiger partial charge in [0.2, 0.25) is 0 Å². The highest BCUT2D eigenvalue weighted by Gasteiger charge is 2.30. The van der Waals surface area contributed by atoms with Crippen molar-refractivity contribution in [3.8, 4) is 0 Å². The topological polar surface area (TPSA) is 67.2 Å². The second kappa shape index (κ2) is 6.18. The molecule has 0 aliphatic rings. The summed E-state index contributed by atoms with van der Waals surface area (Å²) in [4.78, 5) is 11.8. The highest BCUT2D eigenvalue weighted by molar-refractivity contribution is 5.93. The number of aromatic nitrogens is 2. The normalized spacial score (nSPS) is 13.0. The Morgan fingerprint density at radius 2 is 2.18 bits per heavy atom. The van der Waals surface area contributed by atoms with Crippen LogP contribution in [0.25, 0.3) is 0 Å². The third kappa shape index (κ3) is 3.85. The lowest BCUT2D eigenvalue weighted by Crippen LogP contribution is -2.28. The Balaban J connectivity index is 2.00. The van der Waals surface area contributed by atoms with Crippen molar-refractivity contribution in [3.05, 3.63) is 53.3 Å². The molecule has 22 heavy (non-hydrogen) atoms. The van der Waals surface area contributed by atoms with Gasteiger partial charge in [-0.3, -0.25) is 9.48 Å². The molecule has 1 unspecified atom stereocenters. The third-order valence-corrected chi connectivity index (χ3v) is 3.02. The lowest BCUT2D eigenvalue weighted by Gasteiger charge is -2.14. The van der Waals surface area contributed by atoms with Gasteiger partial charge in [-0.1, -0.05) is 12.1 Å². The van der Waals surface area contributed by atoms with Gasteiger partial charge in [-0.25, -0.2) is 0 Å². The van der Waals surface area contributed by atoms with Crippen molar-refractivity contribution >= 4 is 5.91 Å². The molecule has 1 amide bonds. The van der Waals surface area contributed by atoms with E-state index < -0.39 is 23.8 Å². The van der Waals surface area contributed by atoms with Crippen LogP contribution in [-0.4, -0.2) is 27.3 Å². The SMILES string of the molecule is Cn1cc(C(=O)NCC(O)c2cccc(C(F)(F)F)c2)cn1. The molecule has 0 aliphatic heterocycles. The Kier molecular flexibility index (Phi) is 4.51. The molecule has 0 saturated carbocycles. The van der Waals surface area contributed by atoms with Gasteiger partial charge >= 0.3 is 6.18 Å². The number of aryl methyl sites for hydroxylation is 1. The Labute approximate surface area is 124 Å². The molecular formula is C14H14F3N3O2. The predicted molar refractivity (Wildman–Crippen MR) is 71.9 cm³/mol. The molecule has 5 nitrogen and oxygen atoms in total. The zero-order valence-electron chi connectivity index (χ0n) is 11.6. The standard InChI is InChI=1S/C14H14F3N3O2/c1-20-8-10(6-19-20)13(22)18-7-12(21)9-3-2-4-11(5-9)14(15,16)17/h2-6,8,12,21H,7H2,1H3,(H,18,22). The van der Waals surface area contributed by atoms with Crippen LogP contribution in [0.4, 0.5) is 13.2 Å². The molecular weight excluding hydrogens is 299 g/mol. The molecule has 1 aromatic heterocycles. The van der Waals surface area contributed by atoms with Crippen molar-refractivity contribution in [1.82, 2.24) is 15.1 Å². The second-order valence-electron chi connectivity index (χ2n) is 4.75. The number of hydrogen-bond donors (Lipinski definition) is 2. The van der Waals surface area contributed by atoms with Crippen LogP contribution in [0.2, 0.25) is 0 Å². The first kappa shape index (κ1) is 16.0. The number of rotatable bonds is 4. The van der Waals surface area contributed by atoms with E-state index in [1.807, 2.05) is 0 Å². The largest absolute Gasteiger partial charge is 0.416 e. The molecule has 0 saturated heterocycles.